The van der Waals surface area contributed by atoms with Crippen LogP contribution in [0, 0.1) is 6.92 Å². The zero-order valence-electron chi connectivity index (χ0n) is 21.3. The number of likely N-dealkylation sites (tertiary alicyclic amines) is 1. The summed E-state index contributed by atoms with van der Waals surface area (Å²) in [4.78, 5) is 31.4. The molecule has 0 unspecified atom stereocenters. The Balaban J connectivity index is 1.20. The van der Waals surface area contributed by atoms with Gasteiger partial charge in [0.2, 0.25) is 5.78 Å². The van der Waals surface area contributed by atoms with Crippen molar-refractivity contribution in [2.75, 3.05) is 18.8 Å². The second-order valence-electron chi connectivity index (χ2n) is 9.94. The lowest BCUT2D eigenvalue weighted by atomic mass is 10.0. The summed E-state index contributed by atoms with van der Waals surface area (Å²) in [6, 6.07) is 22.2. The molecule has 2 aromatic heterocycles. The number of nitrogens with two attached hydrogens (primary N) is 1. The number of rotatable bonds is 7. The number of anilines is 1. The fourth-order valence-corrected chi connectivity index (χ4v) is 5.01. The van der Waals surface area contributed by atoms with Gasteiger partial charge in [0.15, 0.2) is 5.69 Å². The highest BCUT2D eigenvalue weighted by Crippen LogP contribution is 2.27. The van der Waals surface area contributed by atoms with Gasteiger partial charge in [-0.2, -0.15) is 5.10 Å². The van der Waals surface area contributed by atoms with Crippen molar-refractivity contribution in [2.24, 2.45) is 0 Å². The maximum absolute atomic E-state index is 13.3. The number of fused-ring (bicyclic) bond motifs is 1. The van der Waals surface area contributed by atoms with Gasteiger partial charge in [-0.1, -0.05) is 47.5 Å². The second kappa shape index (κ2) is 10.1. The number of aromatic nitrogens is 3. The molecule has 0 atom stereocenters. The van der Waals surface area contributed by atoms with Crippen LogP contribution in [-0.2, 0) is 6.54 Å². The minimum Gasteiger partial charge on any atom is -0.395 e. The maximum Gasteiger partial charge on any atom is 0.251 e. The Morgan fingerprint density at radius 1 is 1.03 bits per heavy atom. The van der Waals surface area contributed by atoms with E-state index < -0.39 is 0 Å². The number of hydrogen-bond donors (Lipinski definition) is 3. The second-order valence-corrected chi connectivity index (χ2v) is 10.4. The van der Waals surface area contributed by atoms with E-state index in [1.54, 1.807) is 28.9 Å². The van der Waals surface area contributed by atoms with Crippen LogP contribution in [0.3, 0.4) is 0 Å². The first-order valence-corrected chi connectivity index (χ1v) is 13.1. The number of H-pyrrole nitrogens is 1. The molecule has 39 heavy (non-hydrogen) atoms. The third kappa shape index (κ3) is 4.92. The van der Waals surface area contributed by atoms with Crippen molar-refractivity contribution in [2.45, 2.75) is 19.5 Å². The third-order valence-corrected chi connectivity index (χ3v) is 7.36. The fraction of sp³-hybridized carbons (Fsp3) is 0.167. The highest BCUT2D eigenvalue weighted by atomic mass is 35.5. The zero-order chi connectivity index (χ0) is 27.1. The van der Waals surface area contributed by atoms with Crippen LogP contribution in [0.15, 0.2) is 79.0 Å². The Morgan fingerprint density at radius 2 is 1.74 bits per heavy atom. The van der Waals surface area contributed by atoms with E-state index in [4.69, 9.17) is 17.3 Å². The van der Waals surface area contributed by atoms with Crippen LogP contribution in [0.1, 0.15) is 37.7 Å². The first-order chi connectivity index (χ1) is 18.9. The molecule has 1 fully saturated rings. The molecular formula is C30H27ClN6O2. The SMILES string of the molecule is Cc1ccc(C(=O)c2nn(-c3ccc(Cl)cc3)c(CN3CC(NC(=O)c4ccc5cc[nH]c5c4)C3)c2N)cc1. The van der Waals surface area contributed by atoms with Crippen LogP contribution in [0.5, 0.6) is 0 Å². The van der Waals surface area contributed by atoms with E-state index in [1.807, 2.05) is 61.7 Å². The van der Waals surface area contributed by atoms with Crippen LogP contribution in [0.2, 0.25) is 5.02 Å². The molecule has 5 aromatic rings. The van der Waals surface area contributed by atoms with E-state index in [9.17, 15) is 9.59 Å². The summed E-state index contributed by atoms with van der Waals surface area (Å²) in [7, 11) is 0. The van der Waals surface area contributed by atoms with Crippen LogP contribution >= 0.6 is 11.6 Å². The van der Waals surface area contributed by atoms with E-state index in [2.05, 4.69) is 20.3 Å². The van der Waals surface area contributed by atoms with Gasteiger partial charge in [-0.15, -0.1) is 0 Å². The quantitative estimate of drug-likeness (QED) is 0.259. The van der Waals surface area contributed by atoms with Gasteiger partial charge in [-0.25, -0.2) is 4.68 Å². The molecule has 0 saturated carbocycles. The van der Waals surface area contributed by atoms with Gasteiger partial charge in [-0.3, -0.25) is 14.5 Å². The number of nitrogens with one attached hydrogen (secondary N) is 2. The molecule has 0 bridgehead atoms. The Labute approximate surface area is 230 Å². The third-order valence-electron chi connectivity index (χ3n) is 7.10. The molecule has 0 radical (unpaired) electrons. The molecule has 3 heterocycles. The van der Waals surface area contributed by atoms with Crippen LogP contribution in [0.4, 0.5) is 5.69 Å². The topological polar surface area (TPSA) is 109 Å². The molecule has 1 amide bonds. The van der Waals surface area contributed by atoms with Crippen molar-refractivity contribution < 1.29 is 9.59 Å². The van der Waals surface area contributed by atoms with Crippen LogP contribution in [0.25, 0.3) is 16.6 Å². The minimum absolute atomic E-state index is 0.0126. The number of carbonyl (C=O) groups is 2. The molecule has 1 saturated heterocycles. The summed E-state index contributed by atoms with van der Waals surface area (Å²) in [5.41, 5.74) is 11.8. The summed E-state index contributed by atoms with van der Waals surface area (Å²) < 4.78 is 1.71. The smallest absolute Gasteiger partial charge is 0.251 e. The van der Waals surface area contributed by atoms with E-state index >= 15 is 0 Å². The van der Waals surface area contributed by atoms with Crippen molar-refractivity contribution in [1.29, 1.82) is 0 Å². The van der Waals surface area contributed by atoms with Gasteiger partial charge in [-0.05, 0) is 54.8 Å². The van der Waals surface area contributed by atoms with Crippen molar-refractivity contribution in [3.63, 3.8) is 0 Å². The monoisotopic (exact) mass is 538 g/mol. The van der Waals surface area contributed by atoms with Crippen LogP contribution < -0.4 is 11.1 Å². The van der Waals surface area contributed by atoms with Gasteiger partial charge in [0.1, 0.15) is 0 Å². The number of hydrogen-bond acceptors (Lipinski definition) is 5. The van der Waals surface area contributed by atoms with Gasteiger partial charge < -0.3 is 16.0 Å². The zero-order valence-corrected chi connectivity index (χ0v) is 22.1. The molecule has 3 aromatic carbocycles. The number of benzene rings is 3. The molecule has 6 rings (SSSR count). The fourth-order valence-electron chi connectivity index (χ4n) is 4.88. The average molecular weight is 539 g/mol. The largest absolute Gasteiger partial charge is 0.395 e. The van der Waals surface area contributed by atoms with Crippen LogP contribution in [-0.4, -0.2) is 50.5 Å². The molecule has 4 N–H and O–H groups in total. The number of aromatic amines is 1. The van der Waals surface area contributed by atoms with E-state index in [0.29, 0.717) is 41.5 Å². The molecular weight excluding hydrogens is 512 g/mol. The molecule has 0 spiro atoms. The molecule has 0 aliphatic carbocycles. The van der Waals surface area contributed by atoms with Crippen molar-refractivity contribution >= 4 is 39.9 Å². The number of amides is 1. The lowest BCUT2D eigenvalue weighted by Crippen LogP contribution is -2.58. The Bertz CT molecular complexity index is 1680. The highest BCUT2D eigenvalue weighted by Gasteiger charge is 2.31. The Morgan fingerprint density at radius 3 is 2.49 bits per heavy atom. The summed E-state index contributed by atoms with van der Waals surface area (Å²) in [6.45, 7) is 3.76. The van der Waals surface area contributed by atoms with Crippen molar-refractivity contribution in [1.82, 2.24) is 25.0 Å². The summed E-state index contributed by atoms with van der Waals surface area (Å²) in [6.07, 6.45) is 1.86. The predicted octanol–water partition coefficient (Wildman–Crippen LogP) is 4.74. The standard InChI is InChI=1S/C30H27ClN6O2/c1-18-2-4-20(5-3-18)29(38)28-27(32)26(37(35-28)24-10-8-22(31)9-11-24)17-36-15-23(16-36)34-30(39)21-7-6-19-12-13-33-25(19)14-21/h2-14,23,33H,15-17,32H2,1H3,(H,34,39). The Hall–Kier alpha value is -4.40. The number of halogens is 1. The highest BCUT2D eigenvalue weighted by molar-refractivity contribution is 6.30. The number of carbonyl (C=O) groups excluding carboxylic acids is 2. The number of nitrogens with zero attached hydrogens (tertiary/aromatic N) is 3. The lowest BCUT2D eigenvalue weighted by Gasteiger charge is -2.39. The normalized spacial score (nSPS) is 13.9. The van der Waals surface area contributed by atoms with Gasteiger partial charge in [0.05, 0.1) is 23.1 Å². The number of nitrogen functional groups attached to an aromatic ring is 1. The summed E-state index contributed by atoms with van der Waals surface area (Å²) >= 11 is 6.11. The molecule has 196 valence electrons. The lowest BCUT2D eigenvalue weighted by molar-refractivity contribution is 0.0790. The molecule has 8 nitrogen and oxygen atoms in total. The molecule has 9 heteroatoms. The first-order valence-electron chi connectivity index (χ1n) is 12.7. The van der Waals surface area contributed by atoms with E-state index in [1.165, 1.54) is 0 Å². The first kappa shape index (κ1) is 24.9. The van der Waals surface area contributed by atoms with E-state index in [-0.39, 0.29) is 23.4 Å². The summed E-state index contributed by atoms with van der Waals surface area (Å²) in [5, 5.41) is 9.42. The molecule has 1 aliphatic rings. The molecule has 1 aliphatic heterocycles. The van der Waals surface area contributed by atoms with Crippen molar-refractivity contribution in [3.05, 3.63) is 112 Å². The average Bonchev–Trinajstić information content (AvgIpc) is 3.52. The van der Waals surface area contributed by atoms with Crippen molar-refractivity contribution in [3.8, 4) is 5.69 Å². The minimum atomic E-state index is -0.228. The number of ketones is 1. The van der Waals surface area contributed by atoms with Gasteiger partial charge >= 0.3 is 0 Å². The van der Waals surface area contributed by atoms with Gasteiger partial charge in [0, 0.05) is 47.5 Å². The number of aryl methyl sites for hydroxylation is 1. The predicted molar refractivity (Wildman–Crippen MR) is 152 cm³/mol. The maximum atomic E-state index is 13.3. The van der Waals surface area contributed by atoms with E-state index in [0.717, 1.165) is 27.8 Å². The Kier molecular flexibility index (Phi) is 6.42. The van der Waals surface area contributed by atoms with Gasteiger partial charge in [0.25, 0.3) is 5.91 Å². The summed E-state index contributed by atoms with van der Waals surface area (Å²) in [5.74, 6) is -0.331.